The van der Waals surface area contributed by atoms with Gasteiger partial charge in [0.05, 0.1) is 28.1 Å². The molecular weight excluding hydrogens is 516 g/mol. The highest BCUT2D eigenvalue weighted by atomic mass is 127. The standard InChI is InChI=1S/C22H25FIN3O4/c1-4-30-19-12-15(11-18(24)21(19)31-14(2)3)13-26-27-20(28)9-10-25-22(29)16-7-5-6-8-17(16)23/h5-8,11-14H,4,9-10H2,1-3H3,(H,25,29)(H,27,28). The van der Waals surface area contributed by atoms with E-state index >= 15 is 0 Å². The SMILES string of the molecule is CCOc1cc(C=NNC(=O)CCNC(=O)c2ccccc2F)cc(I)c1OC(C)C. The van der Waals surface area contributed by atoms with E-state index < -0.39 is 11.7 Å². The summed E-state index contributed by atoms with van der Waals surface area (Å²) in [5.41, 5.74) is 3.07. The lowest BCUT2D eigenvalue weighted by Crippen LogP contribution is -2.29. The van der Waals surface area contributed by atoms with Gasteiger partial charge in [0.15, 0.2) is 11.5 Å². The van der Waals surface area contributed by atoms with Crippen LogP contribution < -0.4 is 20.2 Å². The molecule has 0 fully saturated rings. The first-order valence-electron chi connectivity index (χ1n) is 9.79. The van der Waals surface area contributed by atoms with Crippen molar-refractivity contribution < 1.29 is 23.5 Å². The molecule has 2 rings (SSSR count). The highest BCUT2D eigenvalue weighted by molar-refractivity contribution is 14.1. The number of hydrogen-bond acceptors (Lipinski definition) is 5. The molecule has 0 spiro atoms. The van der Waals surface area contributed by atoms with Gasteiger partial charge in [-0.3, -0.25) is 9.59 Å². The van der Waals surface area contributed by atoms with Crippen LogP contribution in [0.4, 0.5) is 4.39 Å². The third-order valence-corrected chi connectivity index (χ3v) is 4.65. The Labute approximate surface area is 194 Å². The zero-order valence-electron chi connectivity index (χ0n) is 17.6. The molecule has 2 aromatic rings. The maximum atomic E-state index is 13.6. The van der Waals surface area contributed by atoms with Crippen molar-refractivity contribution in [3.63, 3.8) is 0 Å². The maximum absolute atomic E-state index is 13.6. The van der Waals surface area contributed by atoms with Crippen LogP contribution in [0.5, 0.6) is 11.5 Å². The Hall–Kier alpha value is -2.69. The predicted molar refractivity (Wildman–Crippen MR) is 125 cm³/mol. The van der Waals surface area contributed by atoms with Crippen molar-refractivity contribution in [2.45, 2.75) is 33.3 Å². The summed E-state index contributed by atoms with van der Waals surface area (Å²) in [4.78, 5) is 23.9. The lowest BCUT2D eigenvalue weighted by molar-refractivity contribution is -0.120. The van der Waals surface area contributed by atoms with Crippen molar-refractivity contribution in [3.05, 3.63) is 56.9 Å². The van der Waals surface area contributed by atoms with Gasteiger partial charge >= 0.3 is 0 Å². The molecule has 31 heavy (non-hydrogen) atoms. The van der Waals surface area contributed by atoms with E-state index in [9.17, 15) is 14.0 Å². The van der Waals surface area contributed by atoms with Crippen LogP contribution in [0.1, 0.15) is 43.1 Å². The van der Waals surface area contributed by atoms with Crippen molar-refractivity contribution in [2.24, 2.45) is 5.10 Å². The summed E-state index contributed by atoms with van der Waals surface area (Å²) in [6.45, 7) is 6.31. The van der Waals surface area contributed by atoms with Crippen LogP contribution >= 0.6 is 22.6 Å². The monoisotopic (exact) mass is 541 g/mol. The van der Waals surface area contributed by atoms with E-state index in [4.69, 9.17) is 9.47 Å². The molecule has 0 bridgehead atoms. The van der Waals surface area contributed by atoms with Crippen LogP contribution in [-0.4, -0.2) is 37.3 Å². The van der Waals surface area contributed by atoms with E-state index in [1.54, 1.807) is 12.1 Å². The van der Waals surface area contributed by atoms with E-state index in [0.717, 1.165) is 9.13 Å². The normalized spacial score (nSPS) is 10.9. The van der Waals surface area contributed by atoms with Crippen molar-refractivity contribution in [1.82, 2.24) is 10.7 Å². The number of rotatable bonds is 10. The molecule has 2 amide bonds. The van der Waals surface area contributed by atoms with Crippen LogP contribution in [0.15, 0.2) is 41.5 Å². The second-order valence-corrected chi connectivity index (χ2v) is 7.87. The summed E-state index contributed by atoms with van der Waals surface area (Å²) in [6, 6.07) is 9.30. The van der Waals surface area contributed by atoms with Crippen LogP contribution in [0.2, 0.25) is 0 Å². The van der Waals surface area contributed by atoms with Crippen LogP contribution in [-0.2, 0) is 4.79 Å². The largest absolute Gasteiger partial charge is 0.490 e. The van der Waals surface area contributed by atoms with Gasteiger partial charge in [-0.15, -0.1) is 0 Å². The van der Waals surface area contributed by atoms with Gasteiger partial charge in [-0.2, -0.15) is 5.10 Å². The summed E-state index contributed by atoms with van der Waals surface area (Å²) in [7, 11) is 0. The molecule has 166 valence electrons. The number of nitrogens with one attached hydrogen (secondary N) is 2. The van der Waals surface area contributed by atoms with Gasteiger partial charge in [0.1, 0.15) is 5.82 Å². The van der Waals surface area contributed by atoms with Crippen molar-refractivity contribution >= 4 is 40.6 Å². The molecule has 0 atom stereocenters. The van der Waals surface area contributed by atoms with Gasteiger partial charge < -0.3 is 14.8 Å². The number of benzene rings is 2. The Morgan fingerprint density at radius 3 is 2.68 bits per heavy atom. The minimum atomic E-state index is -0.611. The number of carbonyl (C=O) groups excluding carboxylic acids is 2. The third-order valence-electron chi connectivity index (χ3n) is 3.84. The van der Waals surface area contributed by atoms with E-state index in [-0.39, 0.29) is 30.5 Å². The Bertz CT molecular complexity index is 950. The van der Waals surface area contributed by atoms with E-state index in [1.165, 1.54) is 24.4 Å². The maximum Gasteiger partial charge on any atom is 0.254 e. The van der Waals surface area contributed by atoms with Gasteiger partial charge in [-0.25, -0.2) is 9.82 Å². The second kappa shape index (κ2) is 12.2. The van der Waals surface area contributed by atoms with Crippen molar-refractivity contribution in [3.8, 4) is 11.5 Å². The Kier molecular flexibility index (Phi) is 9.70. The molecule has 0 aliphatic carbocycles. The molecule has 2 aromatic carbocycles. The Morgan fingerprint density at radius 2 is 2.00 bits per heavy atom. The molecule has 9 heteroatoms. The summed E-state index contributed by atoms with van der Waals surface area (Å²) < 4.78 is 25.9. The Balaban J connectivity index is 1.89. The van der Waals surface area contributed by atoms with Gasteiger partial charge in [0, 0.05) is 13.0 Å². The summed E-state index contributed by atoms with van der Waals surface area (Å²) in [6.07, 6.45) is 1.51. The lowest BCUT2D eigenvalue weighted by atomic mass is 10.2. The van der Waals surface area contributed by atoms with E-state index in [2.05, 4.69) is 38.4 Å². The zero-order valence-corrected chi connectivity index (χ0v) is 19.7. The molecule has 0 aliphatic heterocycles. The fourth-order valence-electron chi connectivity index (χ4n) is 2.54. The molecule has 0 heterocycles. The molecule has 0 aliphatic rings. The molecule has 2 N–H and O–H groups in total. The average molecular weight is 541 g/mol. The Morgan fingerprint density at radius 1 is 1.26 bits per heavy atom. The lowest BCUT2D eigenvalue weighted by Gasteiger charge is -2.16. The third kappa shape index (κ3) is 7.82. The highest BCUT2D eigenvalue weighted by Crippen LogP contribution is 2.34. The van der Waals surface area contributed by atoms with Crippen LogP contribution in [0.3, 0.4) is 0 Å². The molecule has 0 unspecified atom stereocenters. The minimum Gasteiger partial charge on any atom is -0.490 e. The molecular formula is C22H25FIN3O4. The van der Waals surface area contributed by atoms with Crippen LogP contribution in [0.25, 0.3) is 0 Å². The number of hydrogen-bond donors (Lipinski definition) is 2. The highest BCUT2D eigenvalue weighted by Gasteiger charge is 2.13. The van der Waals surface area contributed by atoms with Crippen molar-refractivity contribution in [2.75, 3.05) is 13.2 Å². The predicted octanol–water partition coefficient (Wildman–Crippen LogP) is 3.89. The topological polar surface area (TPSA) is 89.0 Å². The number of nitrogens with zero attached hydrogens (tertiary/aromatic N) is 1. The van der Waals surface area contributed by atoms with E-state index in [1.807, 2.05) is 26.8 Å². The summed E-state index contributed by atoms with van der Waals surface area (Å²) in [5, 5.41) is 6.45. The van der Waals surface area contributed by atoms with Crippen LogP contribution in [0, 0.1) is 9.39 Å². The molecule has 0 aromatic heterocycles. The number of ether oxygens (including phenoxy) is 2. The average Bonchev–Trinajstić information content (AvgIpc) is 2.71. The minimum absolute atomic E-state index is 0.000426. The molecule has 0 saturated carbocycles. The number of amides is 2. The van der Waals surface area contributed by atoms with Gasteiger partial charge in [-0.1, -0.05) is 12.1 Å². The fourth-order valence-corrected chi connectivity index (χ4v) is 3.29. The molecule has 0 saturated heterocycles. The molecule has 7 nitrogen and oxygen atoms in total. The number of hydrazone groups is 1. The summed E-state index contributed by atoms with van der Waals surface area (Å²) >= 11 is 2.16. The van der Waals surface area contributed by atoms with Gasteiger partial charge in [0.25, 0.3) is 5.91 Å². The van der Waals surface area contributed by atoms with Gasteiger partial charge in [0.2, 0.25) is 5.91 Å². The van der Waals surface area contributed by atoms with Gasteiger partial charge in [-0.05, 0) is 73.2 Å². The quantitative estimate of drug-likeness (QED) is 0.272. The smallest absolute Gasteiger partial charge is 0.254 e. The first-order valence-corrected chi connectivity index (χ1v) is 10.9. The first-order chi connectivity index (χ1) is 14.8. The van der Waals surface area contributed by atoms with Crippen molar-refractivity contribution in [1.29, 1.82) is 0 Å². The fraction of sp³-hybridized carbons (Fsp3) is 0.318. The number of halogens is 2. The molecule has 0 radical (unpaired) electrons. The summed E-state index contributed by atoms with van der Waals surface area (Å²) in [5.74, 6) is -0.295. The number of carbonyl (C=O) groups is 2. The second-order valence-electron chi connectivity index (χ2n) is 6.71. The first kappa shape index (κ1) is 24.6. The zero-order chi connectivity index (χ0) is 22.8. The van der Waals surface area contributed by atoms with E-state index in [0.29, 0.717) is 18.1 Å².